The third-order valence-electron chi connectivity index (χ3n) is 2.26. The molecular formula is C12H12BrN. The van der Waals surface area contributed by atoms with Gasteiger partial charge in [0, 0.05) is 5.39 Å². The van der Waals surface area contributed by atoms with Crippen molar-refractivity contribution in [1.82, 2.24) is 4.98 Å². The summed E-state index contributed by atoms with van der Waals surface area (Å²) < 4.78 is 0.897. The van der Waals surface area contributed by atoms with Crippen molar-refractivity contribution in [3.05, 3.63) is 40.5 Å². The van der Waals surface area contributed by atoms with Crippen molar-refractivity contribution >= 4 is 26.8 Å². The highest BCUT2D eigenvalue weighted by Gasteiger charge is 1.97. The highest BCUT2D eigenvalue weighted by molar-refractivity contribution is 9.10. The molecule has 2 rings (SSSR count). The predicted molar refractivity (Wildman–Crippen MR) is 63.4 cm³/mol. The lowest BCUT2D eigenvalue weighted by Crippen LogP contribution is -1.85. The first-order valence-corrected chi connectivity index (χ1v) is 5.64. The quantitative estimate of drug-likeness (QED) is 0.735. The maximum Gasteiger partial charge on any atom is 0.106 e. The third kappa shape index (κ3) is 1.95. The molecule has 0 radical (unpaired) electrons. The van der Waals surface area contributed by atoms with E-state index >= 15 is 0 Å². The minimum absolute atomic E-state index is 0.897. The molecule has 1 heterocycles. The number of aryl methyl sites for hydroxylation is 1. The lowest BCUT2D eigenvalue weighted by atomic mass is 10.1. The molecule has 0 amide bonds. The summed E-state index contributed by atoms with van der Waals surface area (Å²) in [5.74, 6) is 0. The van der Waals surface area contributed by atoms with Crippen molar-refractivity contribution < 1.29 is 0 Å². The fraction of sp³-hybridized carbons (Fsp3) is 0.250. The highest BCUT2D eigenvalue weighted by Crippen LogP contribution is 2.17. The molecule has 0 saturated heterocycles. The van der Waals surface area contributed by atoms with E-state index in [0.717, 1.165) is 16.5 Å². The Hall–Kier alpha value is -0.890. The van der Waals surface area contributed by atoms with E-state index in [-0.39, 0.29) is 0 Å². The normalized spacial score (nSPS) is 10.7. The zero-order valence-electron chi connectivity index (χ0n) is 8.13. The number of aromatic nitrogens is 1. The topological polar surface area (TPSA) is 12.9 Å². The zero-order chi connectivity index (χ0) is 9.97. The van der Waals surface area contributed by atoms with E-state index in [4.69, 9.17) is 0 Å². The van der Waals surface area contributed by atoms with Crippen LogP contribution in [0.5, 0.6) is 0 Å². The molecule has 2 aromatic rings. The Bertz CT molecular complexity index is 451. The van der Waals surface area contributed by atoms with Gasteiger partial charge in [-0.2, -0.15) is 0 Å². The minimum Gasteiger partial charge on any atom is -0.241 e. The molecule has 0 aliphatic heterocycles. The molecule has 0 unspecified atom stereocenters. The maximum atomic E-state index is 4.39. The van der Waals surface area contributed by atoms with Crippen molar-refractivity contribution in [2.24, 2.45) is 0 Å². The van der Waals surface area contributed by atoms with Crippen LogP contribution in [0.1, 0.15) is 18.9 Å². The predicted octanol–water partition coefficient (Wildman–Crippen LogP) is 3.95. The Balaban J connectivity index is 2.50. The van der Waals surface area contributed by atoms with Gasteiger partial charge < -0.3 is 0 Å². The van der Waals surface area contributed by atoms with Crippen molar-refractivity contribution in [2.75, 3.05) is 0 Å². The van der Waals surface area contributed by atoms with Gasteiger partial charge in [-0.3, -0.25) is 0 Å². The van der Waals surface area contributed by atoms with Crippen LogP contribution < -0.4 is 0 Å². The number of benzene rings is 1. The molecule has 1 aromatic heterocycles. The fourth-order valence-electron chi connectivity index (χ4n) is 1.59. The largest absolute Gasteiger partial charge is 0.241 e. The van der Waals surface area contributed by atoms with E-state index in [0.29, 0.717) is 0 Å². The number of hydrogen-bond donors (Lipinski definition) is 0. The number of hydrogen-bond acceptors (Lipinski definition) is 1. The third-order valence-corrected chi connectivity index (χ3v) is 2.70. The molecule has 0 bridgehead atoms. The van der Waals surface area contributed by atoms with E-state index in [2.05, 4.69) is 52.1 Å². The number of rotatable bonds is 2. The molecular weight excluding hydrogens is 238 g/mol. The molecule has 0 atom stereocenters. The van der Waals surface area contributed by atoms with E-state index in [1.807, 2.05) is 6.07 Å². The molecule has 1 aromatic carbocycles. The molecule has 14 heavy (non-hydrogen) atoms. The summed E-state index contributed by atoms with van der Waals surface area (Å²) in [5.41, 5.74) is 2.45. The Morgan fingerprint density at radius 3 is 2.86 bits per heavy atom. The average Bonchev–Trinajstić information content (AvgIpc) is 2.19. The SMILES string of the molecule is CCCc1ccc2nc(Br)ccc2c1. The molecule has 1 nitrogen and oxygen atoms in total. The molecule has 0 spiro atoms. The minimum atomic E-state index is 0.897. The lowest BCUT2D eigenvalue weighted by molar-refractivity contribution is 0.923. The van der Waals surface area contributed by atoms with Gasteiger partial charge >= 0.3 is 0 Å². The summed E-state index contributed by atoms with van der Waals surface area (Å²) >= 11 is 3.37. The monoisotopic (exact) mass is 249 g/mol. The van der Waals surface area contributed by atoms with Crippen LogP contribution in [0.3, 0.4) is 0 Å². The molecule has 72 valence electrons. The standard InChI is InChI=1S/C12H12BrN/c1-2-3-9-4-6-11-10(8-9)5-7-12(13)14-11/h4-8H,2-3H2,1H3. The smallest absolute Gasteiger partial charge is 0.106 e. The van der Waals surface area contributed by atoms with E-state index in [1.165, 1.54) is 17.4 Å². The van der Waals surface area contributed by atoms with Crippen molar-refractivity contribution in [2.45, 2.75) is 19.8 Å². The first-order valence-electron chi connectivity index (χ1n) is 4.85. The van der Waals surface area contributed by atoms with E-state index in [1.54, 1.807) is 0 Å². The molecule has 0 fully saturated rings. The Morgan fingerprint density at radius 1 is 1.21 bits per heavy atom. The van der Waals surface area contributed by atoms with Gasteiger partial charge in [-0.05, 0) is 46.1 Å². The van der Waals surface area contributed by atoms with Gasteiger partial charge in [0.1, 0.15) is 4.60 Å². The number of halogens is 1. The van der Waals surface area contributed by atoms with Gasteiger partial charge in [0.05, 0.1) is 5.52 Å². The molecule has 0 saturated carbocycles. The number of nitrogens with zero attached hydrogens (tertiary/aromatic N) is 1. The summed E-state index contributed by atoms with van der Waals surface area (Å²) in [6.45, 7) is 2.20. The van der Waals surface area contributed by atoms with Gasteiger partial charge in [0.25, 0.3) is 0 Å². The van der Waals surface area contributed by atoms with Crippen molar-refractivity contribution in [1.29, 1.82) is 0 Å². The van der Waals surface area contributed by atoms with Crippen LogP contribution in [0.25, 0.3) is 10.9 Å². The second kappa shape index (κ2) is 4.09. The summed E-state index contributed by atoms with van der Waals surface area (Å²) in [7, 11) is 0. The Kier molecular flexibility index (Phi) is 2.82. The van der Waals surface area contributed by atoms with Crippen LogP contribution in [0.15, 0.2) is 34.9 Å². The fourth-order valence-corrected chi connectivity index (χ4v) is 1.92. The second-order valence-electron chi connectivity index (χ2n) is 3.41. The maximum absolute atomic E-state index is 4.39. The van der Waals surface area contributed by atoms with Crippen LogP contribution in [-0.4, -0.2) is 4.98 Å². The van der Waals surface area contributed by atoms with Gasteiger partial charge in [0.15, 0.2) is 0 Å². The van der Waals surface area contributed by atoms with E-state index < -0.39 is 0 Å². The van der Waals surface area contributed by atoms with Crippen LogP contribution in [0.2, 0.25) is 0 Å². The average molecular weight is 250 g/mol. The summed E-state index contributed by atoms with van der Waals surface area (Å²) in [6, 6.07) is 10.6. The summed E-state index contributed by atoms with van der Waals surface area (Å²) in [6.07, 6.45) is 2.33. The number of pyridine rings is 1. The lowest BCUT2D eigenvalue weighted by Gasteiger charge is -2.01. The van der Waals surface area contributed by atoms with Crippen LogP contribution in [0, 0.1) is 0 Å². The van der Waals surface area contributed by atoms with Crippen LogP contribution in [0.4, 0.5) is 0 Å². The van der Waals surface area contributed by atoms with E-state index in [9.17, 15) is 0 Å². The zero-order valence-corrected chi connectivity index (χ0v) is 9.71. The van der Waals surface area contributed by atoms with Crippen LogP contribution >= 0.6 is 15.9 Å². The first-order chi connectivity index (χ1) is 6.79. The van der Waals surface area contributed by atoms with Crippen molar-refractivity contribution in [3.8, 4) is 0 Å². The van der Waals surface area contributed by atoms with Gasteiger partial charge in [-0.15, -0.1) is 0 Å². The highest BCUT2D eigenvalue weighted by atomic mass is 79.9. The van der Waals surface area contributed by atoms with Gasteiger partial charge in [-0.1, -0.05) is 25.5 Å². The number of fused-ring (bicyclic) bond motifs is 1. The molecule has 2 heteroatoms. The van der Waals surface area contributed by atoms with Gasteiger partial charge in [0.2, 0.25) is 0 Å². The van der Waals surface area contributed by atoms with Gasteiger partial charge in [-0.25, -0.2) is 4.98 Å². The van der Waals surface area contributed by atoms with Crippen molar-refractivity contribution in [3.63, 3.8) is 0 Å². The molecule has 0 aliphatic carbocycles. The Labute approximate surface area is 92.3 Å². The Morgan fingerprint density at radius 2 is 2.07 bits per heavy atom. The summed E-state index contributed by atoms with van der Waals surface area (Å²) in [4.78, 5) is 4.39. The summed E-state index contributed by atoms with van der Waals surface area (Å²) in [5, 5.41) is 1.22. The first kappa shape index (κ1) is 9.66. The molecule has 0 N–H and O–H groups in total. The van der Waals surface area contributed by atoms with Crippen LogP contribution in [-0.2, 0) is 6.42 Å². The molecule has 0 aliphatic rings. The second-order valence-corrected chi connectivity index (χ2v) is 4.22.